The van der Waals surface area contributed by atoms with Gasteiger partial charge in [0.1, 0.15) is 12.9 Å². The Balaban J connectivity index is 1.75. The molecule has 1 saturated heterocycles. The minimum atomic E-state index is 0.503. The van der Waals surface area contributed by atoms with Crippen LogP contribution in [-0.2, 0) is 4.74 Å². The number of ether oxygens (including phenoxy) is 2. The fraction of sp³-hybridized carbons (Fsp3) is 0.500. The van der Waals surface area contributed by atoms with E-state index in [4.69, 9.17) is 9.47 Å². The fourth-order valence-corrected chi connectivity index (χ4v) is 1.68. The molecule has 2 rings (SSSR count). The molecule has 0 amide bonds. The van der Waals surface area contributed by atoms with Gasteiger partial charge in [0.05, 0.1) is 13.2 Å². The topological polar surface area (TPSA) is 51.7 Å². The average Bonchev–Trinajstić information content (AvgIpc) is 2.40. The maximum Gasteiger partial charge on any atom is 0.213 e. The molecule has 1 aliphatic heterocycles. The summed E-state index contributed by atoms with van der Waals surface area (Å²) in [5, 5.41) is 0. The van der Waals surface area contributed by atoms with Gasteiger partial charge in [-0.15, -0.1) is 0 Å². The zero-order valence-electron chi connectivity index (χ0n) is 9.67. The number of nitrogens with zero attached hydrogens (tertiary/aromatic N) is 2. The first kappa shape index (κ1) is 12.0. The normalized spacial score (nSPS) is 16.7. The highest BCUT2D eigenvalue weighted by molar-refractivity contribution is 5.74. The third-order valence-corrected chi connectivity index (χ3v) is 2.66. The summed E-state index contributed by atoms with van der Waals surface area (Å²) < 4.78 is 10.8. The number of pyridine rings is 1. The van der Waals surface area contributed by atoms with Crippen LogP contribution in [0.1, 0.15) is 10.4 Å². The van der Waals surface area contributed by atoms with Crippen LogP contribution in [-0.4, -0.2) is 55.6 Å². The molecule has 0 aliphatic carbocycles. The van der Waals surface area contributed by atoms with Gasteiger partial charge >= 0.3 is 0 Å². The van der Waals surface area contributed by atoms with Gasteiger partial charge in [-0.2, -0.15) is 0 Å². The molecule has 0 spiro atoms. The van der Waals surface area contributed by atoms with Crippen molar-refractivity contribution in [3.05, 3.63) is 23.9 Å². The predicted molar refractivity (Wildman–Crippen MR) is 62.4 cm³/mol. The van der Waals surface area contributed by atoms with Crippen LogP contribution in [0.4, 0.5) is 0 Å². The highest BCUT2D eigenvalue weighted by atomic mass is 16.5. The van der Waals surface area contributed by atoms with Crippen LogP contribution in [0.5, 0.6) is 5.88 Å². The number of aldehydes is 1. The lowest BCUT2D eigenvalue weighted by molar-refractivity contribution is 0.0320. The average molecular weight is 236 g/mol. The van der Waals surface area contributed by atoms with Crippen LogP contribution in [0.25, 0.3) is 0 Å². The number of carbonyl (C=O) groups excluding carboxylic acids is 1. The molecule has 5 nitrogen and oxygen atoms in total. The summed E-state index contributed by atoms with van der Waals surface area (Å²) in [6.45, 7) is 4.92. The molecule has 0 bridgehead atoms. The molecular weight excluding hydrogens is 220 g/mol. The van der Waals surface area contributed by atoms with Gasteiger partial charge in [-0.1, -0.05) is 0 Å². The van der Waals surface area contributed by atoms with Gasteiger partial charge in [0.2, 0.25) is 5.88 Å². The Bertz CT molecular complexity index is 365. The summed E-state index contributed by atoms with van der Waals surface area (Å²) in [6, 6.07) is 3.30. The van der Waals surface area contributed by atoms with E-state index in [2.05, 4.69) is 9.88 Å². The van der Waals surface area contributed by atoms with Crippen molar-refractivity contribution in [1.29, 1.82) is 0 Å². The van der Waals surface area contributed by atoms with Crippen molar-refractivity contribution >= 4 is 6.29 Å². The second kappa shape index (κ2) is 6.32. The SMILES string of the molecule is O=Cc1ccnc(OCCN2CCOCC2)c1. The Morgan fingerprint density at radius 1 is 1.47 bits per heavy atom. The number of hydrogen-bond donors (Lipinski definition) is 0. The van der Waals surface area contributed by atoms with Crippen LogP contribution in [0.2, 0.25) is 0 Å². The van der Waals surface area contributed by atoms with Gasteiger partial charge in [0.15, 0.2) is 0 Å². The van der Waals surface area contributed by atoms with Crippen molar-refractivity contribution in [2.75, 3.05) is 39.5 Å². The third kappa shape index (κ3) is 3.80. The van der Waals surface area contributed by atoms with Gasteiger partial charge in [0, 0.05) is 37.5 Å². The monoisotopic (exact) mass is 236 g/mol. The molecule has 0 saturated carbocycles. The van der Waals surface area contributed by atoms with E-state index >= 15 is 0 Å². The Morgan fingerprint density at radius 3 is 3.06 bits per heavy atom. The molecule has 1 fully saturated rings. The van der Waals surface area contributed by atoms with E-state index < -0.39 is 0 Å². The van der Waals surface area contributed by atoms with Crippen LogP contribution in [0.15, 0.2) is 18.3 Å². The molecule has 0 unspecified atom stereocenters. The lowest BCUT2D eigenvalue weighted by Crippen LogP contribution is -2.38. The summed E-state index contributed by atoms with van der Waals surface area (Å²) in [7, 11) is 0. The molecular formula is C12H16N2O3. The van der Waals surface area contributed by atoms with Gasteiger partial charge in [-0.25, -0.2) is 4.98 Å². The number of morpholine rings is 1. The van der Waals surface area contributed by atoms with E-state index in [0.717, 1.165) is 39.1 Å². The number of aromatic nitrogens is 1. The van der Waals surface area contributed by atoms with E-state index in [1.54, 1.807) is 18.3 Å². The maximum atomic E-state index is 10.6. The number of rotatable bonds is 5. The largest absolute Gasteiger partial charge is 0.476 e. The molecule has 1 aromatic heterocycles. The quantitative estimate of drug-likeness (QED) is 0.701. The van der Waals surface area contributed by atoms with Crippen molar-refractivity contribution in [3.8, 4) is 5.88 Å². The third-order valence-electron chi connectivity index (χ3n) is 2.66. The van der Waals surface area contributed by atoms with Gasteiger partial charge in [-0.3, -0.25) is 9.69 Å². The molecule has 1 aromatic rings. The Labute approximate surface area is 100 Å². The van der Waals surface area contributed by atoms with Crippen LogP contribution in [0.3, 0.4) is 0 Å². The molecule has 5 heteroatoms. The fourth-order valence-electron chi connectivity index (χ4n) is 1.68. The summed E-state index contributed by atoms with van der Waals surface area (Å²) in [5.41, 5.74) is 0.585. The van der Waals surface area contributed by atoms with Crippen LogP contribution >= 0.6 is 0 Å². The van der Waals surface area contributed by atoms with Gasteiger partial charge in [0.25, 0.3) is 0 Å². The van der Waals surface area contributed by atoms with Gasteiger partial charge < -0.3 is 9.47 Å². The zero-order valence-corrected chi connectivity index (χ0v) is 9.67. The van der Waals surface area contributed by atoms with Crippen molar-refractivity contribution in [1.82, 2.24) is 9.88 Å². The number of carbonyl (C=O) groups is 1. The first-order valence-electron chi connectivity index (χ1n) is 5.72. The van der Waals surface area contributed by atoms with Crippen molar-refractivity contribution in [3.63, 3.8) is 0 Å². The summed E-state index contributed by atoms with van der Waals surface area (Å²) in [4.78, 5) is 16.9. The standard InChI is InChI=1S/C12H16N2O3/c15-10-11-1-2-13-12(9-11)17-8-5-14-3-6-16-7-4-14/h1-2,9-10H,3-8H2. The lowest BCUT2D eigenvalue weighted by atomic mass is 10.3. The van der Waals surface area contributed by atoms with Crippen molar-refractivity contribution < 1.29 is 14.3 Å². The first-order chi connectivity index (χ1) is 8.38. The van der Waals surface area contributed by atoms with E-state index in [1.807, 2.05) is 0 Å². The number of hydrogen-bond acceptors (Lipinski definition) is 5. The van der Waals surface area contributed by atoms with Crippen molar-refractivity contribution in [2.45, 2.75) is 0 Å². The smallest absolute Gasteiger partial charge is 0.213 e. The van der Waals surface area contributed by atoms with E-state index in [9.17, 15) is 4.79 Å². The van der Waals surface area contributed by atoms with Gasteiger partial charge in [-0.05, 0) is 6.07 Å². The Morgan fingerprint density at radius 2 is 2.29 bits per heavy atom. The van der Waals surface area contributed by atoms with E-state index in [1.165, 1.54) is 0 Å². The summed E-state index contributed by atoms with van der Waals surface area (Å²) in [6.07, 6.45) is 2.37. The summed E-state index contributed by atoms with van der Waals surface area (Å²) >= 11 is 0. The zero-order chi connectivity index (χ0) is 11.9. The maximum absolute atomic E-state index is 10.6. The molecule has 17 heavy (non-hydrogen) atoms. The van der Waals surface area contributed by atoms with E-state index in [-0.39, 0.29) is 0 Å². The Hall–Kier alpha value is -1.46. The first-order valence-corrected chi connectivity index (χ1v) is 5.72. The van der Waals surface area contributed by atoms with Crippen molar-refractivity contribution in [2.24, 2.45) is 0 Å². The second-order valence-corrected chi connectivity index (χ2v) is 3.85. The highest BCUT2D eigenvalue weighted by Crippen LogP contribution is 2.07. The molecule has 0 aromatic carbocycles. The Kier molecular flexibility index (Phi) is 4.46. The minimum Gasteiger partial charge on any atom is -0.476 e. The molecule has 0 radical (unpaired) electrons. The lowest BCUT2D eigenvalue weighted by Gasteiger charge is -2.26. The molecule has 1 aliphatic rings. The molecule has 92 valence electrons. The predicted octanol–water partition coefficient (Wildman–Crippen LogP) is 0.605. The molecule has 2 heterocycles. The van der Waals surface area contributed by atoms with Crippen LogP contribution in [0, 0.1) is 0 Å². The molecule has 0 atom stereocenters. The summed E-state index contributed by atoms with van der Waals surface area (Å²) in [5.74, 6) is 0.503. The molecule has 0 N–H and O–H groups in total. The highest BCUT2D eigenvalue weighted by Gasteiger charge is 2.09. The van der Waals surface area contributed by atoms with E-state index in [0.29, 0.717) is 18.1 Å². The second-order valence-electron chi connectivity index (χ2n) is 3.85. The minimum absolute atomic E-state index is 0.503. The van der Waals surface area contributed by atoms with Crippen LogP contribution < -0.4 is 4.74 Å².